The van der Waals surface area contributed by atoms with E-state index in [9.17, 15) is 0 Å². The van der Waals surface area contributed by atoms with Crippen LogP contribution in [-0.2, 0) is 0 Å². The Labute approximate surface area is 102 Å². The van der Waals surface area contributed by atoms with E-state index >= 15 is 0 Å². The second kappa shape index (κ2) is 5.05. The maximum Gasteiger partial charge on any atom is 0.159 e. The van der Waals surface area contributed by atoms with Crippen molar-refractivity contribution >= 4 is 6.08 Å². The largest absolute Gasteiger partial charge is 0.357 e. The average Bonchev–Trinajstić information content (AvgIpc) is 2.73. The number of rotatable bonds is 3. The van der Waals surface area contributed by atoms with Gasteiger partial charge in [0, 0.05) is 12.1 Å². The first-order valence-electron chi connectivity index (χ1n) is 6.73. The van der Waals surface area contributed by atoms with Crippen molar-refractivity contribution in [2.45, 2.75) is 38.1 Å². The molecule has 0 saturated carbocycles. The van der Waals surface area contributed by atoms with E-state index in [0.717, 1.165) is 24.1 Å². The predicted molar refractivity (Wildman–Crippen MR) is 67.5 cm³/mol. The van der Waals surface area contributed by atoms with Crippen LogP contribution in [0.15, 0.2) is 22.9 Å². The molecular weight excluding hydrogens is 212 g/mol. The van der Waals surface area contributed by atoms with Crippen LogP contribution in [0.5, 0.6) is 0 Å². The van der Waals surface area contributed by atoms with Crippen LogP contribution in [0.2, 0.25) is 0 Å². The van der Waals surface area contributed by atoms with Gasteiger partial charge in [0.25, 0.3) is 0 Å². The topological polar surface area (TPSA) is 29.3 Å². The van der Waals surface area contributed by atoms with Gasteiger partial charge in [0.15, 0.2) is 5.76 Å². The van der Waals surface area contributed by atoms with Crippen LogP contribution in [0.1, 0.15) is 37.9 Å². The summed E-state index contributed by atoms with van der Waals surface area (Å²) < 4.78 is 5.06. The Hall–Kier alpha value is -1.09. The summed E-state index contributed by atoms with van der Waals surface area (Å²) in [6.45, 7) is 2.62. The minimum atomic E-state index is 0.752. The van der Waals surface area contributed by atoms with Gasteiger partial charge in [-0.2, -0.15) is 0 Å². The molecule has 4 heterocycles. The summed E-state index contributed by atoms with van der Waals surface area (Å²) in [7, 11) is 0. The summed E-state index contributed by atoms with van der Waals surface area (Å²) >= 11 is 0. The number of aromatic nitrogens is 1. The van der Waals surface area contributed by atoms with E-state index < -0.39 is 0 Å². The lowest BCUT2D eigenvalue weighted by Gasteiger charge is -2.31. The lowest BCUT2D eigenvalue weighted by molar-refractivity contribution is 0.170. The van der Waals surface area contributed by atoms with E-state index in [2.05, 4.69) is 16.1 Å². The van der Waals surface area contributed by atoms with Crippen molar-refractivity contribution in [3.63, 3.8) is 0 Å². The fraction of sp³-hybridized carbons (Fsp3) is 0.643. The molecule has 3 heteroatoms. The normalized spacial score (nSPS) is 33.1. The zero-order valence-electron chi connectivity index (χ0n) is 10.2. The van der Waals surface area contributed by atoms with E-state index in [1.807, 2.05) is 12.1 Å². The molecule has 3 nitrogen and oxygen atoms in total. The van der Waals surface area contributed by atoms with Gasteiger partial charge in [0.1, 0.15) is 0 Å². The molecule has 1 atom stereocenters. The number of piperidine rings is 1. The minimum Gasteiger partial charge on any atom is -0.357 e. The summed E-state index contributed by atoms with van der Waals surface area (Å²) in [6, 6.07) is 2.65. The van der Waals surface area contributed by atoms with Crippen molar-refractivity contribution in [1.82, 2.24) is 10.1 Å². The molecule has 92 valence electrons. The molecule has 0 amide bonds. The molecule has 0 aromatic carbocycles. The van der Waals surface area contributed by atoms with Gasteiger partial charge in [-0.1, -0.05) is 11.2 Å². The molecule has 0 radical (unpaired) electrons. The van der Waals surface area contributed by atoms with Crippen molar-refractivity contribution in [2.24, 2.45) is 5.92 Å². The first-order chi connectivity index (χ1) is 8.42. The van der Waals surface area contributed by atoms with Crippen molar-refractivity contribution in [1.29, 1.82) is 0 Å². The van der Waals surface area contributed by atoms with Crippen LogP contribution >= 0.6 is 0 Å². The molecular formula is C14H20N2O. The standard InChI is InChI=1S/C14H20N2O/c1(3-14-6-9-15-17-14)2-13-5-4-12-7-10-16(13)11-8-12/h1,3,6,9,12-13H,2,4-5,7-8,10-11H2/b3-1-. The summed E-state index contributed by atoms with van der Waals surface area (Å²) in [5.41, 5.74) is 0. The van der Waals surface area contributed by atoms with Crippen LogP contribution in [0, 0.1) is 5.92 Å². The highest BCUT2D eigenvalue weighted by Crippen LogP contribution is 2.31. The monoisotopic (exact) mass is 232 g/mol. The van der Waals surface area contributed by atoms with Crippen molar-refractivity contribution in [2.75, 3.05) is 13.1 Å². The smallest absolute Gasteiger partial charge is 0.159 e. The van der Waals surface area contributed by atoms with E-state index in [0.29, 0.717) is 0 Å². The van der Waals surface area contributed by atoms with Gasteiger partial charge in [-0.05, 0) is 57.2 Å². The van der Waals surface area contributed by atoms with E-state index in [1.165, 1.54) is 38.8 Å². The molecule has 0 N–H and O–H groups in total. The Morgan fingerprint density at radius 1 is 1.29 bits per heavy atom. The van der Waals surface area contributed by atoms with Crippen LogP contribution < -0.4 is 0 Å². The third kappa shape index (κ3) is 2.60. The molecule has 1 aromatic heterocycles. The molecule has 1 unspecified atom stereocenters. The molecule has 0 spiro atoms. The second-order valence-electron chi connectivity index (χ2n) is 5.26. The quantitative estimate of drug-likeness (QED) is 0.802. The minimum absolute atomic E-state index is 0.752. The van der Waals surface area contributed by atoms with Gasteiger partial charge in [-0.15, -0.1) is 0 Å². The summed E-state index contributed by atoms with van der Waals surface area (Å²) in [6.07, 6.45) is 12.8. The Morgan fingerprint density at radius 2 is 2.18 bits per heavy atom. The van der Waals surface area contributed by atoms with Crippen LogP contribution in [0.25, 0.3) is 6.08 Å². The molecule has 3 saturated heterocycles. The second-order valence-corrected chi connectivity index (χ2v) is 5.26. The van der Waals surface area contributed by atoms with Crippen molar-refractivity contribution in [3.05, 3.63) is 24.1 Å². The Kier molecular flexibility index (Phi) is 3.27. The number of hydrogen-bond donors (Lipinski definition) is 0. The fourth-order valence-corrected chi connectivity index (χ4v) is 3.14. The van der Waals surface area contributed by atoms with Gasteiger partial charge in [0.2, 0.25) is 0 Å². The van der Waals surface area contributed by atoms with Gasteiger partial charge in [-0.25, -0.2) is 0 Å². The maximum atomic E-state index is 5.06. The average molecular weight is 232 g/mol. The van der Waals surface area contributed by atoms with Crippen LogP contribution in [0.3, 0.4) is 0 Å². The highest BCUT2D eigenvalue weighted by Gasteiger charge is 2.28. The van der Waals surface area contributed by atoms with Crippen molar-refractivity contribution < 1.29 is 4.52 Å². The number of nitrogens with zero attached hydrogens (tertiary/aromatic N) is 2. The summed E-state index contributed by atoms with van der Waals surface area (Å²) in [5, 5.41) is 3.70. The predicted octanol–water partition coefficient (Wildman–Crippen LogP) is 2.95. The van der Waals surface area contributed by atoms with Gasteiger partial charge < -0.3 is 9.42 Å². The molecule has 3 fully saturated rings. The zero-order chi connectivity index (χ0) is 11.5. The SMILES string of the molecule is C(=C/c1ccno1)/CC1CCC2CCN1CC2. The third-order valence-corrected chi connectivity index (χ3v) is 4.22. The summed E-state index contributed by atoms with van der Waals surface area (Å²) in [5.74, 6) is 1.87. The molecule has 3 aliphatic heterocycles. The number of hydrogen-bond acceptors (Lipinski definition) is 3. The third-order valence-electron chi connectivity index (χ3n) is 4.22. The van der Waals surface area contributed by atoms with E-state index in [1.54, 1.807) is 6.20 Å². The lowest BCUT2D eigenvalue weighted by Crippen LogP contribution is -2.37. The molecule has 0 aliphatic carbocycles. The number of fused-ring (bicyclic) bond motifs is 4. The van der Waals surface area contributed by atoms with Crippen LogP contribution in [0.4, 0.5) is 0 Å². The molecule has 1 aromatic rings. The van der Waals surface area contributed by atoms with E-state index in [4.69, 9.17) is 4.52 Å². The van der Waals surface area contributed by atoms with Crippen LogP contribution in [-0.4, -0.2) is 29.2 Å². The molecule has 4 rings (SSSR count). The van der Waals surface area contributed by atoms with Gasteiger partial charge >= 0.3 is 0 Å². The van der Waals surface area contributed by atoms with E-state index in [-0.39, 0.29) is 0 Å². The zero-order valence-corrected chi connectivity index (χ0v) is 10.2. The summed E-state index contributed by atoms with van der Waals surface area (Å²) in [4.78, 5) is 2.67. The molecule has 17 heavy (non-hydrogen) atoms. The Balaban J connectivity index is 1.57. The van der Waals surface area contributed by atoms with Crippen molar-refractivity contribution in [3.8, 4) is 0 Å². The first-order valence-corrected chi connectivity index (χ1v) is 6.73. The highest BCUT2D eigenvalue weighted by molar-refractivity contribution is 5.41. The highest BCUT2D eigenvalue weighted by atomic mass is 16.5. The molecule has 3 aliphatic rings. The maximum absolute atomic E-state index is 5.06. The first kappa shape index (κ1) is 11.0. The van der Waals surface area contributed by atoms with Gasteiger partial charge in [-0.3, -0.25) is 0 Å². The molecule has 2 bridgehead atoms. The fourth-order valence-electron chi connectivity index (χ4n) is 3.14. The van der Waals surface area contributed by atoms with Gasteiger partial charge in [0.05, 0.1) is 6.20 Å². The Morgan fingerprint density at radius 3 is 2.94 bits per heavy atom. The lowest BCUT2D eigenvalue weighted by atomic mass is 9.95. The Bertz CT molecular complexity index is 364.